The normalized spacial score (nSPS) is 12.9. The van der Waals surface area contributed by atoms with Gasteiger partial charge in [-0.05, 0) is 12.1 Å². The number of hydrogen-bond acceptors (Lipinski definition) is 4. The van der Waals surface area contributed by atoms with E-state index in [0.29, 0.717) is 0 Å². The summed E-state index contributed by atoms with van der Waals surface area (Å²) in [6.45, 7) is 0. The fourth-order valence-electron chi connectivity index (χ4n) is 1.39. The molecule has 0 aliphatic heterocycles. The molecular weight excluding hydrogens is 369 g/mol. The van der Waals surface area contributed by atoms with Crippen LogP contribution < -0.4 is 4.72 Å². The summed E-state index contributed by atoms with van der Waals surface area (Å²) < 4.78 is 25.9. The number of halogens is 3. The van der Waals surface area contributed by atoms with E-state index in [0.717, 1.165) is 12.1 Å². The van der Waals surface area contributed by atoms with Crippen LogP contribution in [0.15, 0.2) is 17.0 Å². The average molecular weight is 377 g/mol. The summed E-state index contributed by atoms with van der Waals surface area (Å²) in [4.78, 5) is 20.9. The van der Waals surface area contributed by atoms with Crippen LogP contribution in [0, 0.1) is 0 Å². The Morgan fingerprint density at radius 2 is 1.62 bits per heavy atom. The Morgan fingerprint density at radius 1 is 1.14 bits per heavy atom. The molecule has 0 aliphatic carbocycles. The van der Waals surface area contributed by atoms with E-state index < -0.39 is 39.3 Å². The molecule has 0 saturated carbocycles. The Labute approximate surface area is 134 Å². The highest BCUT2D eigenvalue weighted by Gasteiger charge is 2.30. The molecule has 1 aromatic rings. The van der Waals surface area contributed by atoms with Crippen LogP contribution in [0.25, 0.3) is 0 Å². The Hall–Kier alpha value is -1.06. The minimum absolute atomic E-state index is 0.0873. The highest BCUT2D eigenvalue weighted by molar-refractivity contribution is 7.89. The van der Waals surface area contributed by atoms with E-state index >= 15 is 0 Å². The Kier molecular flexibility index (Phi) is 5.83. The number of sulfonamides is 1. The standard InChI is InChI=1S/C10H8Cl3NO6S/c11-4-1-5(12)9(6(13)2-4)21(19,20)14-7(10(17)18)3-8(15)16/h1-2,7,14H,3H2,(H,15,16)(H,17,18)/t7-/m0/s1. The van der Waals surface area contributed by atoms with E-state index in [-0.39, 0.29) is 15.1 Å². The smallest absolute Gasteiger partial charge is 0.322 e. The molecule has 0 amide bonds. The third-order valence-corrected chi connectivity index (χ3v) is 4.82. The van der Waals surface area contributed by atoms with Crippen LogP contribution in [0.2, 0.25) is 15.1 Å². The van der Waals surface area contributed by atoms with Crippen molar-refractivity contribution in [2.24, 2.45) is 0 Å². The fraction of sp³-hybridized carbons (Fsp3) is 0.200. The second-order valence-electron chi connectivity index (χ2n) is 3.81. The number of benzene rings is 1. The van der Waals surface area contributed by atoms with Crippen molar-refractivity contribution in [2.45, 2.75) is 17.4 Å². The molecular formula is C10H8Cl3NO6S. The maximum atomic E-state index is 12.1. The molecule has 0 fully saturated rings. The van der Waals surface area contributed by atoms with E-state index in [2.05, 4.69) is 0 Å². The summed E-state index contributed by atoms with van der Waals surface area (Å²) in [5.74, 6) is -3.14. The Morgan fingerprint density at radius 3 is 2.00 bits per heavy atom. The Balaban J connectivity index is 3.23. The van der Waals surface area contributed by atoms with Crippen LogP contribution in [0.5, 0.6) is 0 Å². The molecule has 0 unspecified atom stereocenters. The first-order chi connectivity index (χ1) is 9.54. The van der Waals surface area contributed by atoms with E-state index in [1.54, 1.807) is 4.72 Å². The van der Waals surface area contributed by atoms with Gasteiger partial charge in [0.2, 0.25) is 10.0 Å². The highest BCUT2D eigenvalue weighted by atomic mass is 35.5. The van der Waals surface area contributed by atoms with Gasteiger partial charge in [0.1, 0.15) is 10.9 Å². The number of carboxylic acids is 2. The highest BCUT2D eigenvalue weighted by Crippen LogP contribution is 2.32. The van der Waals surface area contributed by atoms with E-state index in [4.69, 9.17) is 45.0 Å². The van der Waals surface area contributed by atoms with Crippen molar-refractivity contribution in [3.63, 3.8) is 0 Å². The molecule has 0 aromatic heterocycles. The molecule has 1 atom stereocenters. The average Bonchev–Trinajstić information content (AvgIpc) is 2.24. The summed E-state index contributed by atoms with van der Waals surface area (Å²) >= 11 is 17.1. The second kappa shape index (κ2) is 6.80. The lowest BCUT2D eigenvalue weighted by molar-refractivity contribution is -0.145. The molecule has 0 bridgehead atoms. The SMILES string of the molecule is O=C(O)C[C@H](NS(=O)(=O)c1c(Cl)cc(Cl)cc1Cl)C(=O)O. The van der Waals surface area contributed by atoms with Crippen molar-refractivity contribution in [2.75, 3.05) is 0 Å². The van der Waals surface area contributed by atoms with E-state index in [1.807, 2.05) is 0 Å². The molecule has 0 heterocycles. The van der Waals surface area contributed by atoms with Crippen LogP contribution in [0.4, 0.5) is 0 Å². The van der Waals surface area contributed by atoms with Crippen LogP contribution in [0.3, 0.4) is 0 Å². The molecule has 116 valence electrons. The summed E-state index contributed by atoms with van der Waals surface area (Å²) in [6.07, 6.45) is -0.947. The number of hydrogen-bond donors (Lipinski definition) is 3. The lowest BCUT2D eigenvalue weighted by Gasteiger charge is -2.14. The Bertz CT molecular complexity index is 667. The first kappa shape index (κ1) is 18.0. The molecule has 11 heteroatoms. The van der Waals surface area contributed by atoms with Crippen LogP contribution >= 0.6 is 34.8 Å². The van der Waals surface area contributed by atoms with Crippen LogP contribution in [-0.2, 0) is 19.6 Å². The van der Waals surface area contributed by atoms with Gasteiger partial charge in [0.25, 0.3) is 0 Å². The number of aliphatic carboxylic acids is 2. The van der Waals surface area contributed by atoms with Gasteiger partial charge in [-0.3, -0.25) is 9.59 Å². The summed E-state index contributed by atoms with van der Waals surface area (Å²) in [7, 11) is -4.44. The van der Waals surface area contributed by atoms with Crippen LogP contribution in [-0.4, -0.2) is 36.6 Å². The van der Waals surface area contributed by atoms with E-state index in [9.17, 15) is 18.0 Å². The maximum absolute atomic E-state index is 12.1. The zero-order valence-corrected chi connectivity index (χ0v) is 13.1. The van der Waals surface area contributed by atoms with E-state index in [1.165, 1.54) is 0 Å². The van der Waals surface area contributed by atoms with Crippen molar-refractivity contribution in [3.8, 4) is 0 Å². The number of nitrogens with one attached hydrogen (secondary N) is 1. The lowest BCUT2D eigenvalue weighted by Crippen LogP contribution is -2.42. The molecule has 1 rings (SSSR count). The van der Waals surface area contributed by atoms with Gasteiger partial charge in [-0.2, -0.15) is 4.72 Å². The predicted octanol–water partition coefficient (Wildman–Crippen LogP) is 1.85. The molecule has 0 saturated heterocycles. The summed E-state index contributed by atoms with van der Waals surface area (Å²) in [5.41, 5.74) is 0. The van der Waals surface area contributed by atoms with Gasteiger partial charge >= 0.3 is 11.9 Å². The fourth-order valence-corrected chi connectivity index (χ4v) is 4.12. The predicted molar refractivity (Wildman–Crippen MR) is 75.5 cm³/mol. The van der Waals surface area contributed by atoms with Gasteiger partial charge in [-0.25, -0.2) is 8.42 Å². The van der Waals surface area contributed by atoms with Gasteiger partial charge in [0, 0.05) is 5.02 Å². The van der Waals surface area contributed by atoms with Crippen molar-refractivity contribution in [1.82, 2.24) is 4.72 Å². The van der Waals surface area contributed by atoms with Gasteiger partial charge in [-0.1, -0.05) is 34.8 Å². The topological polar surface area (TPSA) is 121 Å². The van der Waals surface area contributed by atoms with Gasteiger partial charge in [0.05, 0.1) is 16.5 Å². The maximum Gasteiger partial charge on any atom is 0.322 e. The summed E-state index contributed by atoms with van der Waals surface area (Å²) in [6, 6.07) is 0.350. The number of rotatable bonds is 6. The third kappa shape index (κ3) is 4.72. The monoisotopic (exact) mass is 375 g/mol. The first-order valence-electron chi connectivity index (χ1n) is 5.16. The minimum atomic E-state index is -4.44. The third-order valence-electron chi connectivity index (χ3n) is 2.21. The molecule has 1 aromatic carbocycles. The largest absolute Gasteiger partial charge is 0.481 e. The molecule has 21 heavy (non-hydrogen) atoms. The molecule has 7 nitrogen and oxygen atoms in total. The molecule has 0 spiro atoms. The lowest BCUT2D eigenvalue weighted by atomic mass is 10.2. The zero-order valence-electron chi connectivity index (χ0n) is 10.0. The molecule has 0 radical (unpaired) electrons. The minimum Gasteiger partial charge on any atom is -0.481 e. The van der Waals surface area contributed by atoms with Gasteiger partial charge < -0.3 is 10.2 Å². The number of carboxylic acid groups (broad SMARTS) is 2. The van der Waals surface area contributed by atoms with Gasteiger partial charge in [0.15, 0.2) is 0 Å². The second-order valence-corrected chi connectivity index (χ2v) is 6.71. The first-order valence-corrected chi connectivity index (χ1v) is 7.77. The van der Waals surface area contributed by atoms with Crippen molar-refractivity contribution in [1.29, 1.82) is 0 Å². The number of carbonyl (C=O) groups is 2. The zero-order chi connectivity index (χ0) is 16.4. The molecule has 0 aliphatic rings. The molecule has 3 N–H and O–H groups in total. The van der Waals surface area contributed by atoms with Crippen molar-refractivity contribution >= 4 is 56.8 Å². The van der Waals surface area contributed by atoms with Crippen molar-refractivity contribution in [3.05, 3.63) is 27.2 Å². The quantitative estimate of drug-likeness (QED) is 0.697. The van der Waals surface area contributed by atoms with Gasteiger partial charge in [-0.15, -0.1) is 0 Å². The summed E-state index contributed by atoms with van der Waals surface area (Å²) in [5, 5.41) is 16.9. The van der Waals surface area contributed by atoms with Crippen LogP contribution in [0.1, 0.15) is 6.42 Å². The van der Waals surface area contributed by atoms with Crippen molar-refractivity contribution < 1.29 is 28.2 Å².